The van der Waals surface area contributed by atoms with Gasteiger partial charge in [-0.05, 0) is 31.2 Å². The quantitative estimate of drug-likeness (QED) is 0.665. The minimum Gasteiger partial charge on any atom is -0.487 e. The summed E-state index contributed by atoms with van der Waals surface area (Å²) < 4.78 is 19.7. The van der Waals surface area contributed by atoms with Gasteiger partial charge in [0.1, 0.15) is 23.9 Å². The summed E-state index contributed by atoms with van der Waals surface area (Å²) in [5.41, 5.74) is 0.556. The number of nitrogens with zero attached hydrogens (tertiary/aromatic N) is 2. The first-order chi connectivity index (χ1) is 11.5. The summed E-state index contributed by atoms with van der Waals surface area (Å²) in [6.45, 7) is 3.65. The fourth-order valence-electron chi connectivity index (χ4n) is 2.37. The molecule has 3 rings (SSSR count). The second-order valence-corrected chi connectivity index (χ2v) is 6.41. The monoisotopic (exact) mass is 346 g/mol. The molecule has 0 amide bonds. The lowest BCUT2D eigenvalue weighted by Crippen LogP contribution is -2.19. The van der Waals surface area contributed by atoms with Crippen molar-refractivity contribution in [1.82, 2.24) is 9.38 Å². The lowest BCUT2D eigenvalue weighted by molar-refractivity contribution is 0.0982. The van der Waals surface area contributed by atoms with Crippen molar-refractivity contribution in [1.29, 1.82) is 0 Å². The second-order valence-electron chi connectivity index (χ2n) is 5.23. The largest absolute Gasteiger partial charge is 0.487 e. The fourth-order valence-corrected chi connectivity index (χ4v) is 3.39. The number of benzene rings is 1. The summed E-state index contributed by atoms with van der Waals surface area (Å²) >= 11 is 1.30. The Bertz CT molecular complexity index is 960. The average molecular weight is 346 g/mol. The van der Waals surface area contributed by atoms with Gasteiger partial charge in [0.15, 0.2) is 10.7 Å². The number of carbonyl (C=O) groups excluding carboxylic acids is 1. The van der Waals surface area contributed by atoms with E-state index in [1.165, 1.54) is 46.1 Å². The van der Waals surface area contributed by atoms with Crippen LogP contribution in [-0.4, -0.2) is 15.2 Å². The molecule has 0 aliphatic rings. The number of thiazole rings is 1. The molecule has 124 valence electrons. The van der Waals surface area contributed by atoms with Crippen LogP contribution in [0.3, 0.4) is 0 Å². The third kappa shape index (κ3) is 3.07. The van der Waals surface area contributed by atoms with Gasteiger partial charge < -0.3 is 4.74 Å². The number of Topliss-reactive ketones (excluding diaryl/α,β-unsaturated/α-hetero) is 1. The number of fused-ring (bicyclic) bond motifs is 1. The maximum atomic E-state index is 12.9. The highest BCUT2D eigenvalue weighted by molar-refractivity contribution is 7.17. The van der Waals surface area contributed by atoms with Crippen LogP contribution in [-0.2, 0) is 6.61 Å². The summed E-state index contributed by atoms with van der Waals surface area (Å²) in [4.78, 5) is 30.1. The highest BCUT2D eigenvalue weighted by Gasteiger charge is 2.18. The summed E-state index contributed by atoms with van der Waals surface area (Å²) in [6.07, 6.45) is 0.328. The molecule has 0 atom stereocenters. The third-order valence-corrected chi connectivity index (χ3v) is 4.48. The van der Waals surface area contributed by atoms with E-state index in [0.29, 0.717) is 28.5 Å². The van der Waals surface area contributed by atoms with Crippen molar-refractivity contribution >= 4 is 22.1 Å². The summed E-state index contributed by atoms with van der Waals surface area (Å²) in [5.74, 6) is 0.0582. The molecule has 0 fully saturated rings. The molecule has 5 nitrogen and oxygen atoms in total. The molecule has 0 N–H and O–H groups in total. The van der Waals surface area contributed by atoms with Gasteiger partial charge in [0.2, 0.25) is 0 Å². The molecule has 2 heterocycles. The number of aryl methyl sites for hydroxylation is 1. The van der Waals surface area contributed by atoms with Crippen LogP contribution in [0.25, 0.3) is 4.96 Å². The van der Waals surface area contributed by atoms with E-state index in [1.807, 2.05) is 0 Å². The van der Waals surface area contributed by atoms with Gasteiger partial charge in [0.05, 0.1) is 5.69 Å². The van der Waals surface area contributed by atoms with Crippen LogP contribution in [0.15, 0.2) is 35.1 Å². The van der Waals surface area contributed by atoms with E-state index in [2.05, 4.69) is 4.98 Å². The Morgan fingerprint density at radius 1 is 1.33 bits per heavy atom. The molecule has 0 radical (unpaired) electrons. The summed E-state index contributed by atoms with van der Waals surface area (Å²) in [5, 5.41) is 0. The SMILES string of the molecule is CCC(=O)c1c(C)sc2nc(COc3ccc(F)cc3)cc(=O)n12. The molecule has 0 aliphatic carbocycles. The lowest BCUT2D eigenvalue weighted by atomic mass is 10.2. The Morgan fingerprint density at radius 3 is 2.71 bits per heavy atom. The Labute approximate surface area is 141 Å². The third-order valence-electron chi connectivity index (χ3n) is 3.53. The normalized spacial score (nSPS) is 11.0. The van der Waals surface area contributed by atoms with E-state index >= 15 is 0 Å². The Hall–Kier alpha value is -2.54. The van der Waals surface area contributed by atoms with Gasteiger partial charge >= 0.3 is 0 Å². The first kappa shape index (κ1) is 16.3. The number of ether oxygens (including phenoxy) is 1. The molecule has 0 saturated carbocycles. The number of aromatic nitrogens is 2. The first-order valence-corrected chi connectivity index (χ1v) is 8.25. The molecule has 24 heavy (non-hydrogen) atoms. The van der Waals surface area contributed by atoms with E-state index in [0.717, 1.165) is 4.88 Å². The zero-order valence-electron chi connectivity index (χ0n) is 13.2. The van der Waals surface area contributed by atoms with E-state index in [-0.39, 0.29) is 23.8 Å². The van der Waals surface area contributed by atoms with Crippen molar-refractivity contribution < 1.29 is 13.9 Å². The summed E-state index contributed by atoms with van der Waals surface area (Å²) in [7, 11) is 0. The minimum absolute atomic E-state index is 0.0852. The maximum Gasteiger partial charge on any atom is 0.259 e. The van der Waals surface area contributed by atoms with E-state index in [9.17, 15) is 14.0 Å². The van der Waals surface area contributed by atoms with Gasteiger partial charge in [-0.3, -0.25) is 9.59 Å². The zero-order chi connectivity index (χ0) is 17.3. The molecule has 0 bridgehead atoms. The number of ketones is 1. The van der Waals surface area contributed by atoms with Gasteiger partial charge in [0.25, 0.3) is 5.56 Å². The molecular formula is C17H15FN2O3S. The number of halogens is 1. The number of carbonyl (C=O) groups is 1. The van der Waals surface area contributed by atoms with Crippen LogP contribution >= 0.6 is 11.3 Å². The number of hydrogen-bond acceptors (Lipinski definition) is 5. The number of rotatable bonds is 5. The molecule has 0 aliphatic heterocycles. The van der Waals surface area contributed by atoms with Gasteiger partial charge in [0, 0.05) is 17.4 Å². The molecule has 0 saturated heterocycles. The minimum atomic E-state index is -0.345. The Morgan fingerprint density at radius 2 is 2.04 bits per heavy atom. The molecule has 1 aromatic carbocycles. The average Bonchev–Trinajstić information content (AvgIpc) is 2.90. The first-order valence-electron chi connectivity index (χ1n) is 7.43. The molecule has 7 heteroatoms. The van der Waals surface area contributed by atoms with Gasteiger partial charge in [-0.2, -0.15) is 0 Å². The summed E-state index contributed by atoms with van der Waals surface area (Å²) in [6, 6.07) is 6.97. The highest BCUT2D eigenvalue weighted by Crippen LogP contribution is 2.21. The lowest BCUT2D eigenvalue weighted by Gasteiger charge is -2.06. The predicted molar refractivity (Wildman–Crippen MR) is 89.4 cm³/mol. The van der Waals surface area contributed by atoms with E-state index in [4.69, 9.17) is 4.74 Å². The van der Waals surface area contributed by atoms with E-state index in [1.54, 1.807) is 13.8 Å². The van der Waals surface area contributed by atoms with Crippen LogP contribution in [0.5, 0.6) is 5.75 Å². The molecule has 2 aromatic heterocycles. The standard InChI is InChI=1S/C17H15FN2O3S/c1-3-14(21)16-10(2)24-17-19-12(8-15(22)20(16)17)9-23-13-6-4-11(18)5-7-13/h4-8H,3,9H2,1-2H3. The smallest absolute Gasteiger partial charge is 0.259 e. The van der Waals surface area contributed by atoms with Crippen molar-refractivity contribution in [2.24, 2.45) is 0 Å². The van der Waals surface area contributed by atoms with Crippen molar-refractivity contribution in [3.63, 3.8) is 0 Å². The second kappa shape index (κ2) is 6.52. The molecule has 0 spiro atoms. The molecular weight excluding hydrogens is 331 g/mol. The van der Waals surface area contributed by atoms with Crippen LogP contribution in [0.1, 0.15) is 34.4 Å². The highest BCUT2D eigenvalue weighted by atomic mass is 32.1. The van der Waals surface area contributed by atoms with Crippen LogP contribution in [0.4, 0.5) is 4.39 Å². The molecule has 0 unspecified atom stereocenters. The van der Waals surface area contributed by atoms with Gasteiger partial charge in [-0.15, -0.1) is 11.3 Å². The van der Waals surface area contributed by atoms with Crippen LogP contribution in [0.2, 0.25) is 0 Å². The fraction of sp³-hybridized carbons (Fsp3) is 0.235. The van der Waals surface area contributed by atoms with Crippen molar-refractivity contribution in [3.8, 4) is 5.75 Å². The van der Waals surface area contributed by atoms with Crippen molar-refractivity contribution in [2.45, 2.75) is 26.9 Å². The van der Waals surface area contributed by atoms with Crippen molar-refractivity contribution in [2.75, 3.05) is 0 Å². The Balaban J connectivity index is 1.92. The maximum absolute atomic E-state index is 12.9. The van der Waals surface area contributed by atoms with Gasteiger partial charge in [-0.1, -0.05) is 6.92 Å². The predicted octanol–water partition coefficient (Wildman–Crippen LogP) is 3.38. The van der Waals surface area contributed by atoms with Crippen LogP contribution < -0.4 is 10.3 Å². The van der Waals surface area contributed by atoms with Crippen molar-refractivity contribution in [3.05, 3.63) is 62.8 Å². The Kier molecular flexibility index (Phi) is 4.44. The number of hydrogen-bond donors (Lipinski definition) is 0. The van der Waals surface area contributed by atoms with Crippen LogP contribution in [0, 0.1) is 12.7 Å². The zero-order valence-corrected chi connectivity index (χ0v) is 14.0. The van der Waals surface area contributed by atoms with Gasteiger partial charge in [-0.25, -0.2) is 13.8 Å². The van der Waals surface area contributed by atoms with E-state index < -0.39 is 0 Å². The topological polar surface area (TPSA) is 60.7 Å². The molecule has 3 aromatic rings.